The van der Waals surface area contributed by atoms with Gasteiger partial charge in [0.05, 0.1) is 22.9 Å². The second-order valence-corrected chi connectivity index (χ2v) is 9.31. The maximum Gasteiger partial charge on any atom is 0.234 e. The van der Waals surface area contributed by atoms with Crippen LogP contribution in [-0.4, -0.2) is 22.6 Å². The Labute approximate surface area is 197 Å². The van der Waals surface area contributed by atoms with Gasteiger partial charge < -0.3 is 10.6 Å². The summed E-state index contributed by atoms with van der Waals surface area (Å²) >= 11 is 8.42. The van der Waals surface area contributed by atoms with Gasteiger partial charge in [0.15, 0.2) is 4.34 Å². The predicted octanol–water partition coefficient (Wildman–Crippen LogP) is 6.00. The van der Waals surface area contributed by atoms with E-state index in [0.29, 0.717) is 15.7 Å². The number of amides is 2. The molecule has 0 spiro atoms. The van der Waals surface area contributed by atoms with Gasteiger partial charge in [-0.15, -0.1) is 11.3 Å². The summed E-state index contributed by atoms with van der Waals surface area (Å²) in [6.45, 7) is 0. The van der Waals surface area contributed by atoms with Gasteiger partial charge in [0.25, 0.3) is 0 Å². The number of hydrogen-bond donors (Lipinski definition) is 2. The number of fused-ring (bicyclic) bond motifs is 1. The van der Waals surface area contributed by atoms with Gasteiger partial charge >= 0.3 is 0 Å². The molecule has 4 rings (SSSR count). The molecule has 0 fully saturated rings. The lowest BCUT2D eigenvalue weighted by Crippen LogP contribution is -2.15. The third kappa shape index (κ3) is 5.64. The molecule has 0 atom stereocenters. The van der Waals surface area contributed by atoms with E-state index in [2.05, 4.69) is 15.6 Å². The van der Waals surface area contributed by atoms with Crippen LogP contribution in [0.4, 0.5) is 15.8 Å². The molecule has 3 aromatic carbocycles. The SMILES string of the molecule is O=C(Cc1csc(SCC(=O)Nc2cccc3ccccc23)n1)Nc1ccc(F)c(Cl)c1. The van der Waals surface area contributed by atoms with Crippen LogP contribution in [0.3, 0.4) is 0 Å². The standard InChI is InChI=1S/C23H17ClFN3O2S2/c24-18-10-15(8-9-19(18)25)26-21(29)11-16-12-31-23(27-16)32-13-22(30)28-20-7-3-5-14-4-1-2-6-17(14)20/h1-10,12H,11,13H2,(H,26,29)(H,28,30). The number of nitrogens with one attached hydrogen (secondary N) is 2. The zero-order valence-corrected chi connectivity index (χ0v) is 19.0. The lowest BCUT2D eigenvalue weighted by molar-refractivity contribution is -0.116. The minimum atomic E-state index is -0.546. The first-order valence-corrected chi connectivity index (χ1v) is 11.8. The van der Waals surface area contributed by atoms with E-state index in [-0.39, 0.29) is 29.0 Å². The third-order valence-corrected chi connectivity index (χ3v) is 6.83. The molecular weight excluding hydrogens is 469 g/mol. The summed E-state index contributed by atoms with van der Waals surface area (Å²) in [5.41, 5.74) is 1.78. The van der Waals surface area contributed by atoms with E-state index in [1.807, 2.05) is 42.5 Å². The average molecular weight is 486 g/mol. The molecule has 1 aromatic heterocycles. The fraction of sp³-hybridized carbons (Fsp3) is 0.0870. The van der Waals surface area contributed by atoms with E-state index in [1.54, 1.807) is 5.38 Å². The first-order chi connectivity index (χ1) is 15.5. The van der Waals surface area contributed by atoms with E-state index >= 15 is 0 Å². The van der Waals surface area contributed by atoms with Crippen LogP contribution in [0.1, 0.15) is 5.69 Å². The second kappa shape index (κ2) is 10.1. The Morgan fingerprint density at radius 2 is 1.84 bits per heavy atom. The highest BCUT2D eigenvalue weighted by Crippen LogP contribution is 2.26. The Morgan fingerprint density at radius 1 is 1.03 bits per heavy atom. The van der Waals surface area contributed by atoms with E-state index < -0.39 is 5.82 Å². The lowest BCUT2D eigenvalue weighted by atomic mass is 10.1. The lowest BCUT2D eigenvalue weighted by Gasteiger charge is -2.08. The largest absolute Gasteiger partial charge is 0.326 e. The van der Waals surface area contributed by atoms with Crippen molar-refractivity contribution in [2.75, 3.05) is 16.4 Å². The number of thioether (sulfide) groups is 1. The summed E-state index contributed by atoms with van der Waals surface area (Å²) in [5, 5.41) is 9.37. The van der Waals surface area contributed by atoms with Crippen molar-refractivity contribution in [1.82, 2.24) is 4.98 Å². The summed E-state index contributed by atoms with van der Waals surface area (Å²) in [6, 6.07) is 17.6. The highest BCUT2D eigenvalue weighted by atomic mass is 35.5. The van der Waals surface area contributed by atoms with Gasteiger partial charge in [-0.3, -0.25) is 9.59 Å². The van der Waals surface area contributed by atoms with Gasteiger partial charge in [0.2, 0.25) is 11.8 Å². The minimum Gasteiger partial charge on any atom is -0.326 e. The number of rotatable bonds is 7. The summed E-state index contributed by atoms with van der Waals surface area (Å²) in [6.07, 6.45) is 0.0637. The molecule has 0 saturated carbocycles. The zero-order valence-electron chi connectivity index (χ0n) is 16.6. The van der Waals surface area contributed by atoms with Crippen molar-refractivity contribution in [3.63, 3.8) is 0 Å². The summed E-state index contributed by atoms with van der Waals surface area (Å²) in [4.78, 5) is 29.0. The topological polar surface area (TPSA) is 71.1 Å². The fourth-order valence-corrected chi connectivity index (χ4v) is 4.85. The number of aromatic nitrogens is 1. The van der Waals surface area contributed by atoms with Crippen LogP contribution < -0.4 is 10.6 Å². The highest BCUT2D eigenvalue weighted by molar-refractivity contribution is 8.01. The van der Waals surface area contributed by atoms with E-state index in [4.69, 9.17) is 11.6 Å². The van der Waals surface area contributed by atoms with Crippen LogP contribution in [-0.2, 0) is 16.0 Å². The van der Waals surface area contributed by atoms with Crippen molar-refractivity contribution in [2.24, 2.45) is 0 Å². The molecule has 2 N–H and O–H groups in total. The van der Waals surface area contributed by atoms with E-state index in [0.717, 1.165) is 16.5 Å². The third-order valence-electron chi connectivity index (χ3n) is 4.47. The maximum absolute atomic E-state index is 13.2. The van der Waals surface area contributed by atoms with Gasteiger partial charge in [-0.2, -0.15) is 0 Å². The molecule has 0 aliphatic heterocycles. The first-order valence-electron chi connectivity index (χ1n) is 9.57. The molecule has 0 unspecified atom stereocenters. The monoisotopic (exact) mass is 485 g/mol. The van der Waals surface area contributed by atoms with Crippen molar-refractivity contribution < 1.29 is 14.0 Å². The van der Waals surface area contributed by atoms with Gasteiger partial charge in [0, 0.05) is 22.1 Å². The number of thiazole rings is 1. The van der Waals surface area contributed by atoms with E-state index in [1.165, 1.54) is 41.3 Å². The molecule has 5 nitrogen and oxygen atoms in total. The van der Waals surface area contributed by atoms with Crippen LogP contribution in [0.25, 0.3) is 10.8 Å². The van der Waals surface area contributed by atoms with E-state index in [9.17, 15) is 14.0 Å². The molecule has 9 heteroatoms. The maximum atomic E-state index is 13.2. The molecule has 32 heavy (non-hydrogen) atoms. The minimum absolute atomic E-state index is 0.0584. The summed E-state index contributed by atoms with van der Waals surface area (Å²) in [7, 11) is 0. The number of halogens is 2. The summed E-state index contributed by atoms with van der Waals surface area (Å²) < 4.78 is 13.9. The van der Waals surface area contributed by atoms with Gasteiger partial charge in [-0.1, -0.05) is 59.8 Å². The number of nitrogens with zero attached hydrogens (tertiary/aromatic N) is 1. The number of carbonyl (C=O) groups excluding carboxylic acids is 2. The van der Waals surface area contributed by atoms with Gasteiger partial charge in [-0.25, -0.2) is 9.37 Å². The Morgan fingerprint density at radius 3 is 2.69 bits per heavy atom. The molecule has 2 amide bonds. The van der Waals surface area contributed by atoms with Crippen molar-refractivity contribution >= 4 is 68.7 Å². The van der Waals surface area contributed by atoms with Crippen LogP contribution in [0.5, 0.6) is 0 Å². The molecule has 162 valence electrons. The first kappa shape index (κ1) is 22.3. The smallest absolute Gasteiger partial charge is 0.234 e. The van der Waals surface area contributed by atoms with Crippen LogP contribution >= 0.6 is 34.7 Å². The normalized spacial score (nSPS) is 10.8. The Balaban J connectivity index is 1.29. The highest BCUT2D eigenvalue weighted by Gasteiger charge is 2.12. The zero-order chi connectivity index (χ0) is 22.5. The van der Waals surface area contributed by atoms with Crippen LogP contribution in [0.2, 0.25) is 5.02 Å². The second-order valence-electron chi connectivity index (χ2n) is 6.82. The summed E-state index contributed by atoms with van der Waals surface area (Å²) in [5.74, 6) is -0.760. The Hall–Kier alpha value is -2.94. The number of hydrogen-bond acceptors (Lipinski definition) is 5. The van der Waals surface area contributed by atoms with Crippen molar-refractivity contribution in [2.45, 2.75) is 10.8 Å². The van der Waals surface area contributed by atoms with Crippen molar-refractivity contribution in [1.29, 1.82) is 0 Å². The molecular formula is C23H17ClFN3O2S2. The molecule has 0 radical (unpaired) electrons. The molecule has 0 aliphatic carbocycles. The molecule has 0 saturated heterocycles. The number of anilines is 2. The van der Waals surface area contributed by atoms with Gasteiger partial charge in [0.1, 0.15) is 5.82 Å². The number of carbonyl (C=O) groups is 2. The van der Waals surface area contributed by atoms with Gasteiger partial charge in [-0.05, 0) is 29.7 Å². The quantitative estimate of drug-likeness (QED) is 0.315. The Bertz CT molecular complexity index is 1290. The molecule has 1 heterocycles. The fourth-order valence-electron chi connectivity index (χ4n) is 3.03. The Kier molecular flexibility index (Phi) is 7.04. The van der Waals surface area contributed by atoms with Crippen molar-refractivity contribution in [3.8, 4) is 0 Å². The average Bonchev–Trinajstić information content (AvgIpc) is 3.22. The van der Waals surface area contributed by atoms with Crippen molar-refractivity contribution in [3.05, 3.63) is 82.6 Å². The number of benzene rings is 3. The van der Waals surface area contributed by atoms with Crippen LogP contribution in [0.15, 0.2) is 70.4 Å². The molecule has 0 bridgehead atoms. The molecule has 0 aliphatic rings. The van der Waals surface area contributed by atoms with Crippen LogP contribution in [0, 0.1) is 5.82 Å². The molecule has 4 aromatic rings. The predicted molar refractivity (Wildman–Crippen MR) is 129 cm³/mol.